The van der Waals surface area contributed by atoms with E-state index in [2.05, 4.69) is 10.6 Å². The lowest BCUT2D eigenvalue weighted by Gasteiger charge is -2.12. The number of carbonyl (C=O) groups excluding carboxylic acids is 3. The van der Waals surface area contributed by atoms with Crippen molar-refractivity contribution in [2.24, 2.45) is 0 Å². The van der Waals surface area contributed by atoms with Crippen molar-refractivity contribution in [1.29, 1.82) is 0 Å². The highest BCUT2D eigenvalue weighted by atomic mass is 16.5. The lowest BCUT2D eigenvalue weighted by atomic mass is 10.0. The number of hydrogen-bond donors (Lipinski definition) is 3. The van der Waals surface area contributed by atoms with Crippen LogP contribution in [0.3, 0.4) is 0 Å². The van der Waals surface area contributed by atoms with E-state index < -0.39 is 24.5 Å². The maximum Gasteiger partial charge on any atom is 0.339 e. The SMILES string of the molecule is CCCNC(=O)NC(=O)COC(=O)c1c2c(nc3ccccc13)/C(=C/c1ccc(O)cc1)CC2. The van der Waals surface area contributed by atoms with Crippen molar-refractivity contribution < 1.29 is 24.2 Å². The number of phenolic OH excluding ortho intramolecular Hbond substituents is 1. The topological polar surface area (TPSA) is 118 Å². The van der Waals surface area contributed by atoms with Crippen LogP contribution in [0.1, 0.15) is 46.9 Å². The zero-order valence-corrected chi connectivity index (χ0v) is 18.8. The first-order valence-electron chi connectivity index (χ1n) is 11.1. The molecule has 0 aliphatic heterocycles. The van der Waals surface area contributed by atoms with Gasteiger partial charge in [-0.2, -0.15) is 0 Å². The average molecular weight is 460 g/mol. The number of aromatic hydroxyl groups is 1. The number of nitrogens with zero attached hydrogens (tertiary/aromatic N) is 1. The van der Waals surface area contributed by atoms with Crippen LogP contribution in [0.2, 0.25) is 0 Å². The zero-order chi connectivity index (χ0) is 24.1. The second-order valence-electron chi connectivity index (χ2n) is 7.97. The minimum Gasteiger partial charge on any atom is -0.508 e. The van der Waals surface area contributed by atoms with Gasteiger partial charge in [-0.1, -0.05) is 37.3 Å². The third kappa shape index (κ3) is 5.06. The van der Waals surface area contributed by atoms with Gasteiger partial charge in [0.1, 0.15) is 5.75 Å². The van der Waals surface area contributed by atoms with Gasteiger partial charge in [0.25, 0.3) is 5.91 Å². The van der Waals surface area contributed by atoms with Gasteiger partial charge in [0.15, 0.2) is 6.61 Å². The van der Waals surface area contributed by atoms with E-state index in [1.807, 2.05) is 43.3 Å². The quantitative estimate of drug-likeness (QED) is 0.483. The number of benzene rings is 2. The van der Waals surface area contributed by atoms with Crippen molar-refractivity contribution in [1.82, 2.24) is 15.6 Å². The van der Waals surface area contributed by atoms with Gasteiger partial charge in [0.05, 0.1) is 16.8 Å². The standard InChI is InChI=1S/C26H25N3O5/c1-2-13-27-26(33)29-22(31)15-34-25(32)23-19-5-3-4-6-21(19)28-24-17(9-12-20(23)24)14-16-7-10-18(30)11-8-16/h3-8,10-11,14,30H,2,9,12-13,15H2,1H3,(H2,27,29,31,33)/b17-14+. The summed E-state index contributed by atoms with van der Waals surface area (Å²) in [6, 6.07) is 13.5. The fraction of sp³-hybridized carbons (Fsp3) is 0.231. The van der Waals surface area contributed by atoms with E-state index in [1.165, 1.54) is 0 Å². The van der Waals surface area contributed by atoms with Crippen LogP contribution in [0.5, 0.6) is 5.75 Å². The average Bonchev–Trinajstić information content (AvgIpc) is 3.23. The first kappa shape index (κ1) is 23.0. The third-order valence-corrected chi connectivity index (χ3v) is 5.50. The largest absolute Gasteiger partial charge is 0.508 e. The second-order valence-corrected chi connectivity index (χ2v) is 7.97. The molecule has 1 aliphatic carbocycles. The summed E-state index contributed by atoms with van der Waals surface area (Å²) in [5, 5.41) is 14.9. The number of imide groups is 1. The molecule has 1 aromatic heterocycles. The third-order valence-electron chi connectivity index (χ3n) is 5.50. The van der Waals surface area contributed by atoms with Gasteiger partial charge in [-0.15, -0.1) is 0 Å². The first-order chi connectivity index (χ1) is 16.5. The molecule has 0 spiro atoms. The summed E-state index contributed by atoms with van der Waals surface area (Å²) in [7, 11) is 0. The molecule has 1 heterocycles. The Morgan fingerprint density at radius 1 is 1.09 bits per heavy atom. The number of amides is 3. The summed E-state index contributed by atoms with van der Waals surface area (Å²) in [4.78, 5) is 41.6. The molecule has 0 atom stereocenters. The lowest BCUT2D eigenvalue weighted by Crippen LogP contribution is -2.41. The van der Waals surface area contributed by atoms with E-state index >= 15 is 0 Å². The highest BCUT2D eigenvalue weighted by molar-refractivity contribution is 6.08. The van der Waals surface area contributed by atoms with Crippen LogP contribution in [-0.2, 0) is 16.0 Å². The summed E-state index contributed by atoms with van der Waals surface area (Å²) in [6.07, 6.45) is 4.02. The number of carbonyl (C=O) groups is 3. The smallest absolute Gasteiger partial charge is 0.339 e. The summed E-state index contributed by atoms with van der Waals surface area (Å²) in [5.41, 5.74) is 4.42. The van der Waals surface area contributed by atoms with E-state index in [9.17, 15) is 19.5 Å². The Balaban J connectivity index is 1.60. The maximum absolute atomic E-state index is 13.1. The molecule has 8 heteroatoms. The first-order valence-corrected chi connectivity index (χ1v) is 11.1. The van der Waals surface area contributed by atoms with Gasteiger partial charge in [0, 0.05) is 11.9 Å². The van der Waals surface area contributed by atoms with Crippen LogP contribution in [0.15, 0.2) is 48.5 Å². The van der Waals surface area contributed by atoms with E-state index in [-0.39, 0.29) is 5.75 Å². The second kappa shape index (κ2) is 10.2. The number of ether oxygens (including phenoxy) is 1. The predicted molar refractivity (Wildman–Crippen MR) is 128 cm³/mol. The minimum atomic E-state index is -0.704. The van der Waals surface area contributed by atoms with Crippen molar-refractivity contribution in [2.45, 2.75) is 26.2 Å². The van der Waals surface area contributed by atoms with Crippen molar-refractivity contribution in [3.05, 3.63) is 70.9 Å². The molecule has 0 bridgehead atoms. The summed E-state index contributed by atoms with van der Waals surface area (Å²) >= 11 is 0. The molecular weight excluding hydrogens is 434 g/mol. The van der Waals surface area contributed by atoms with Gasteiger partial charge in [-0.25, -0.2) is 14.6 Å². The summed E-state index contributed by atoms with van der Waals surface area (Å²) < 4.78 is 5.29. The van der Waals surface area contributed by atoms with Gasteiger partial charge >= 0.3 is 12.0 Å². The molecule has 0 saturated carbocycles. The molecule has 3 aromatic rings. The molecule has 8 nitrogen and oxygen atoms in total. The van der Waals surface area contributed by atoms with Crippen LogP contribution in [0.4, 0.5) is 4.79 Å². The zero-order valence-electron chi connectivity index (χ0n) is 18.8. The number of para-hydroxylation sites is 1. The number of phenols is 1. The number of fused-ring (bicyclic) bond motifs is 2. The van der Waals surface area contributed by atoms with Gasteiger partial charge in [0.2, 0.25) is 0 Å². The molecule has 2 aromatic carbocycles. The van der Waals surface area contributed by atoms with E-state index in [0.717, 1.165) is 28.8 Å². The van der Waals surface area contributed by atoms with Crippen LogP contribution >= 0.6 is 0 Å². The Kier molecular flexibility index (Phi) is 6.87. The Bertz CT molecular complexity index is 1280. The van der Waals surface area contributed by atoms with Crippen LogP contribution in [0, 0.1) is 0 Å². The van der Waals surface area contributed by atoms with Crippen molar-refractivity contribution >= 4 is 40.5 Å². The number of allylic oxidation sites excluding steroid dienone is 1. The van der Waals surface area contributed by atoms with E-state index in [0.29, 0.717) is 35.9 Å². The summed E-state index contributed by atoms with van der Waals surface area (Å²) in [6.45, 7) is 1.76. The number of esters is 1. The number of aromatic nitrogens is 1. The fourth-order valence-corrected chi connectivity index (χ4v) is 3.93. The molecule has 3 amide bonds. The van der Waals surface area contributed by atoms with Gasteiger partial charge in [-0.3, -0.25) is 10.1 Å². The van der Waals surface area contributed by atoms with E-state index in [1.54, 1.807) is 18.2 Å². The highest BCUT2D eigenvalue weighted by Crippen LogP contribution is 2.37. The monoisotopic (exact) mass is 459 g/mol. The van der Waals surface area contributed by atoms with Crippen molar-refractivity contribution in [3.63, 3.8) is 0 Å². The predicted octanol–water partition coefficient (Wildman–Crippen LogP) is 3.82. The number of nitrogens with one attached hydrogen (secondary N) is 2. The molecule has 0 radical (unpaired) electrons. The Labute approximate surface area is 196 Å². The van der Waals surface area contributed by atoms with Crippen LogP contribution < -0.4 is 10.6 Å². The molecule has 1 aliphatic rings. The fourth-order valence-electron chi connectivity index (χ4n) is 3.93. The summed E-state index contributed by atoms with van der Waals surface area (Å²) in [5.74, 6) is -1.15. The lowest BCUT2D eigenvalue weighted by molar-refractivity contribution is -0.123. The maximum atomic E-state index is 13.1. The molecule has 0 unspecified atom stereocenters. The van der Waals surface area contributed by atoms with E-state index in [4.69, 9.17) is 9.72 Å². The molecular formula is C26H25N3O5. The van der Waals surface area contributed by atoms with Crippen LogP contribution in [0.25, 0.3) is 22.6 Å². The van der Waals surface area contributed by atoms with Crippen molar-refractivity contribution in [2.75, 3.05) is 13.2 Å². The minimum absolute atomic E-state index is 0.190. The molecule has 0 fully saturated rings. The number of hydrogen-bond acceptors (Lipinski definition) is 6. The van der Waals surface area contributed by atoms with Gasteiger partial charge < -0.3 is 15.2 Å². The van der Waals surface area contributed by atoms with Crippen molar-refractivity contribution in [3.8, 4) is 5.75 Å². The normalized spacial score (nSPS) is 13.5. The molecule has 174 valence electrons. The Morgan fingerprint density at radius 2 is 1.85 bits per heavy atom. The number of pyridine rings is 1. The van der Waals surface area contributed by atoms with Crippen LogP contribution in [-0.4, -0.2) is 41.1 Å². The van der Waals surface area contributed by atoms with Gasteiger partial charge in [-0.05, 0) is 60.2 Å². The molecule has 4 rings (SSSR count). The number of rotatable bonds is 6. The molecule has 3 N–H and O–H groups in total. The number of urea groups is 1. The molecule has 0 saturated heterocycles. The Hall–Kier alpha value is -4.20. The molecule has 34 heavy (non-hydrogen) atoms. The Morgan fingerprint density at radius 3 is 2.62 bits per heavy atom. The highest BCUT2D eigenvalue weighted by Gasteiger charge is 2.28.